The maximum Gasteiger partial charge on any atom is 0.241 e. The summed E-state index contributed by atoms with van der Waals surface area (Å²) >= 11 is 0. The lowest BCUT2D eigenvalue weighted by Gasteiger charge is -2.31. The van der Waals surface area contributed by atoms with Crippen LogP contribution < -0.4 is 9.62 Å². The standard InChI is InChI=1S/C24H29N5O4S/c1-17-8-4-5-12-21(17)23-26-22(33-27-23)16-29-13-7-9-18(15-29)24(30)25-19-10-6-11-20(14-19)28(2)34(3,31)32/h4-6,8,10-12,14,18H,7,9,13,15-16H2,1-3H3,(H,25,30). The van der Waals surface area contributed by atoms with Crippen molar-refractivity contribution in [2.75, 3.05) is 36.0 Å². The minimum Gasteiger partial charge on any atom is -0.338 e. The van der Waals surface area contributed by atoms with Crippen molar-refractivity contribution in [3.63, 3.8) is 0 Å². The van der Waals surface area contributed by atoms with Gasteiger partial charge in [-0.3, -0.25) is 14.0 Å². The van der Waals surface area contributed by atoms with Crippen LogP contribution in [0.4, 0.5) is 11.4 Å². The third-order valence-corrected chi connectivity index (χ3v) is 7.27. The Labute approximate surface area is 199 Å². The molecule has 0 saturated carbocycles. The summed E-state index contributed by atoms with van der Waals surface area (Å²) in [7, 11) is -1.90. The number of nitrogens with one attached hydrogen (secondary N) is 1. The molecule has 4 rings (SSSR count). The molecule has 1 unspecified atom stereocenters. The number of hydrogen-bond acceptors (Lipinski definition) is 7. The number of benzene rings is 2. The number of anilines is 2. The third kappa shape index (κ3) is 5.63. The molecule has 0 radical (unpaired) electrons. The van der Waals surface area contributed by atoms with E-state index in [2.05, 4.69) is 20.4 Å². The first kappa shape index (κ1) is 23.9. The van der Waals surface area contributed by atoms with E-state index in [9.17, 15) is 13.2 Å². The van der Waals surface area contributed by atoms with Gasteiger partial charge in [-0.1, -0.05) is 35.5 Å². The highest BCUT2D eigenvalue weighted by atomic mass is 32.2. The van der Waals surface area contributed by atoms with Gasteiger partial charge in [-0.15, -0.1) is 0 Å². The monoisotopic (exact) mass is 483 g/mol. The SMILES string of the molecule is Cc1ccccc1-c1noc(CN2CCCC(C(=O)Nc3cccc(N(C)S(C)(=O)=O)c3)C2)n1. The average molecular weight is 484 g/mol. The summed E-state index contributed by atoms with van der Waals surface area (Å²) in [5.74, 6) is 0.813. The predicted octanol–water partition coefficient (Wildman–Crippen LogP) is 3.29. The van der Waals surface area contributed by atoms with E-state index in [1.54, 1.807) is 24.3 Å². The Morgan fingerprint density at radius 2 is 2.03 bits per heavy atom. The molecule has 10 heteroatoms. The molecule has 2 aromatic carbocycles. The van der Waals surface area contributed by atoms with Crippen LogP contribution in [0, 0.1) is 12.8 Å². The summed E-state index contributed by atoms with van der Waals surface area (Å²) < 4.78 is 30.3. The molecule has 1 amide bonds. The Morgan fingerprint density at radius 3 is 2.79 bits per heavy atom. The average Bonchev–Trinajstić information content (AvgIpc) is 3.26. The van der Waals surface area contributed by atoms with Crippen molar-refractivity contribution in [3.8, 4) is 11.4 Å². The zero-order valence-corrected chi connectivity index (χ0v) is 20.4. The van der Waals surface area contributed by atoms with Crippen molar-refractivity contribution < 1.29 is 17.7 Å². The highest BCUT2D eigenvalue weighted by Crippen LogP contribution is 2.24. The van der Waals surface area contributed by atoms with E-state index in [4.69, 9.17) is 4.52 Å². The minimum absolute atomic E-state index is 0.0880. The van der Waals surface area contributed by atoms with Crippen molar-refractivity contribution in [1.82, 2.24) is 15.0 Å². The van der Waals surface area contributed by atoms with Crippen molar-refractivity contribution in [3.05, 3.63) is 60.0 Å². The molecule has 1 fully saturated rings. The molecular formula is C24H29N5O4S. The smallest absolute Gasteiger partial charge is 0.241 e. The Hall–Kier alpha value is -3.24. The molecule has 0 aliphatic carbocycles. The van der Waals surface area contributed by atoms with E-state index in [1.165, 1.54) is 11.4 Å². The van der Waals surface area contributed by atoms with E-state index in [0.29, 0.717) is 36.2 Å². The molecule has 1 saturated heterocycles. The van der Waals surface area contributed by atoms with Gasteiger partial charge in [0.1, 0.15) is 0 Å². The number of carbonyl (C=O) groups is 1. The van der Waals surface area contributed by atoms with Gasteiger partial charge >= 0.3 is 0 Å². The lowest BCUT2D eigenvalue weighted by molar-refractivity contribution is -0.121. The molecule has 2 heterocycles. The number of rotatable bonds is 7. The molecule has 180 valence electrons. The fourth-order valence-electron chi connectivity index (χ4n) is 4.07. The zero-order chi connectivity index (χ0) is 24.3. The van der Waals surface area contributed by atoms with Crippen molar-refractivity contribution in [2.24, 2.45) is 5.92 Å². The highest BCUT2D eigenvalue weighted by molar-refractivity contribution is 7.92. The summed E-state index contributed by atoms with van der Waals surface area (Å²) in [5.41, 5.74) is 3.08. The zero-order valence-electron chi connectivity index (χ0n) is 19.6. The molecule has 1 atom stereocenters. The van der Waals surface area contributed by atoms with E-state index in [-0.39, 0.29) is 11.8 Å². The molecule has 9 nitrogen and oxygen atoms in total. The van der Waals surface area contributed by atoms with Crippen molar-refractivity contribution in [2.45, 2.75) is 26.3 Å². The van der Waals surface area contributed by atoms with E-state index in [1.807, 2.05) is 31.2 Å². The topological polar surface area (TPSA) is 109 Å². The van der Waals surface area contributed by atoms with Crippen LogP contribution in [0.3, 0.4) is 0 Å². The largest absolute Gasteiger partial charge is 0.338 e. The number of likely N-dealkylation sites (tertiary alicyclic amines) is 1. The second-order valence-electron chi connectivity index (χ2n) is 8.67. The maximum absolute atomic E-state index is 12.9. The summed E-state index contributed by atoms with van der Waals surface area (Å²) in [6.07, 6.45) is 2.81. The minimum atomic E-state index is -3.38. The van der Waals surface area contributed by atoms with Gasteiger partial charge in [0.25, 0.3) is 0 Å². The first-order valence-corrected chi connectivity index (χ1v) is 13.0. The van der Waals surface area contributed by atoms with Gasteiger partial charge in [-0.05, 0) is 50.1 Å². The van der Waals surface area contributed by atoms with Gasteiger partial charge in [-0.25, -0.2) is 8.42 Å². The van der Waals surface area contributed by atoms with Gasteiger partial charge in [0, 0.05) is 24.8 Å². The number of amides is 1. The first-order chi connectivity index (χ1) is 16.2. The fourth-order valence-corrected chi connectivity index (χ4v) is 4.57. The number of piperidine rings is 1. The lowest BCUT2D eigenvalue weighted by atomic mass is 9.97. The summed E-state index contributed by atoms with van der Waals surface area (Å²) in [5, 5.41) is 7.06. The van der Waals surface area contributed by atoms with Crippen LogP contribution in [0.15, 0.2) is 53.1 Å². The van der Waals surface area contributed by atoms with Crippen LogP contribution in [-0.4, -0.2) is 55.8 Å². The highest BCUT2D eigenvalue weighted by Gasteiger charge is 2.27. The molecule has 3 aromatic rings. The van der Waals surface area contributed by atoms with Crippen LogP contribution in [0.2, 0.25) is 0 Å². The maximum atomic E-state index is 12.9. The molecular weight excluding hydrogens is 454 g/mol. The molecule has 1 aromatic heterocycles. The number of carbonyl (C=O) groups excluding carboxylic acids is 1. The summed E-state index contributed by atoms with van der Waals surface area (Å²) in [6, 6.07) is 14.7. The molecule has 1 aliphatic rings. The Balaban J connectivity index is 1.38. The van der Waals surface area contributed by atoms with E-state index < -0.39 is 10.0 Å². The third-order valence-electron chi connectivity index (χ3n) is 6.06. The molecule has 1 aliphatic heterocycles. The number of hydrogen-bond donors (Lipinski definition) is 1. The first-order valence-electron chi connectivity index (χ1n) is 11.2. The van der Waals surface area contributed by atoms with Gasteiger partial charge in [0.05, 0.1) is 24.4 Å². The number of aromatic nitrogens is 2. The normalized spacial score (nSPS) is 16.9. The second-order valence-corrected chi connectivity index (χ2v) is 10.7. The lowest BCUT2D eigenvalue weighted by Crippen LogP contribution is -2.40. The van der Waals surface area contributed by atoms with E-state index in [0.717, 1.165) is 36.8 Å². The fraction of sp³-hybridized carbons (Fsp3) is 0.375. The molecule has 34 heavy (non-hydrogen) atoms. The van der Waals surface area contributed by atoms with Crippen LogP contribution >= 0.6 is 0 Å². The van der Waals surface area contributed by atoms with E-state index >= 15 is 0 Å². The summed E-state index contributed by atoms with van der Waals surface area (Å²) in [6.45, 7) is 3.92. The van der Waals surface area contributed by atoms with Gasteiger partial charge in [-0.2, -0.15) is 4.98 Å². The van der Waals surface area contributed by atoms with Gasteiger partial charge < -0.3 is 9.84 Å². The Bertz CT molecular complexity index is 1270. The predicted molar refractivity (Wildman–Crippen MR) is 131 cm³/mol. The molecule has 1 N–H and O–H groups in total. The quantitative estimate of drug-likeness (QED) is 0.549. The number of sulfonamides is 1. The Kier molecular flexibility index (Phi) is 6.99. The van der Waals surface area contributed by atoms with Crippen LogP contribution in [0.1, 0.15) is 24.3 Å². The van der Waals surface area contributed by atoms with Crippen LogP contribution in [0.25, 0.3) is 11.4 Å². The molecule has 0 spiro atoms. The van der Waals surface area contributed by atoms with Crippen LogP contribution in [0.5, 0.6) is 0 Å². The van der Waals surface area contributed by atoms with Gasteiger partial charge in [0.15, 0.2) is 0 Å². The van der Waals surface area contributed by atoms with Crippen molar-refractivity contribution >= 4 is 27.3 Å². The molecule has 0 bridgehead atoms. The number of nitrogens with zero attached hydrogens (tertiary/aromatic N) is 4. The summed E-state index contributed by atoms with van der Waals surface area (Å²) in [4.78, 5) is 19.6. The van der Waals surface area contributed by atoms with Gasteiger partial charge in [0.2, 0.25) is 27.6 Å². The van der Waals surface area contributed by atoms with Crippen LogP contribution in [-0.2, 0) is 21.4 Å². The number of aryl methyl sites for hydroxylation is 1. The Morgan fingerprint density at radius 1 is 1.24 bits per heavy atom. The second kappa shape index (κ2) is 9.94. The van der Waals surface area contributed by atoms with Crippen molar-refractivity contribution in [1.29, 1.82) is 0 Å².